The van der Waals surface area contributed by atoms with Gasteiger partial charge in [0, 0.05) is 36.3 Å². The molecular formula is C28H26BrN7O3. The number of piperidine rings is 1. The zero-order valence-electron chi connectivity index (χ0n) is 21.7. The molecule has 1 aliphatic carbocycles. The minimum absolute atomic E-state index is 0.0493. The van der Waals surface area contributed by atoms with Crippen LogP contribution in [0.3, 0.4) is 0 Å². The highest BCUT2D eigenvalue weighted by molar-refractivity contribution is 9.10. The van der Waals surface area contributed by atoms with E-state index in [1.54, 1.807) is 28.0 Å². The van der Waals surface area contributed by atoms with Crippen LogP contribution in [-0.2, 0) is 16.1 Å². The maximum atomic E-state index is 13.6. The van der Waals surface area contributed by atoms with Gasteiger partial charge in [-0.2, -0.15) is 5.10 Å². The highest BCUT2D eigenvalue weighted by Gasteiger charge is 2.56. The molecule has 0 radical (unpaired) electrons. The van der Waals surface area contributed by atoms with Crippen LogP contribution in [-0.4, -0.2) is 59.3 Å². The summed E-state index contributed by atoms with van der Waals surface area (Å²) in [6.45, 7) is 5.13. The second-order valence-corrected chi connectivity index (χ2v) is 11.0. The largest absolute Gasteiger partial charge is 0.326 e. The summed E-state index contributed by atoms with van der Waals surface area (Å²) in [5, 5.41) is 8.04. The normalized spacial score (nSPS) is 19.7. The molecule has 0 bridgehead atoms. The molecule has 10 nitrogen and oxygen atoms in total. The summed E-state index contributed by atoms with van der Waals surface area (Å²) < 4.78 is 2.22. The minimum atomic E-state index is -0.578. The summed E-state index contributed by atoms with van der Waals surface area (Å²) in [6.07, 6.45) is 4.99. The van der Waals surface area contributed by atoms with Crippen LogP contribution in [0.15, 0.2) is 47.3 Å². The molecular weight excluding hydrogens is 562 g/mol. The molecule has 3 aromatic heterocycles. The summed E-state index contributed by atoms with van der Waals surface area (Å²) in [6, 6.07) is 8.72. The Kier molecular flexibility index (Phi) is 6.25. The van der Waals surface area contributed by atoms with Crippen molar-refractivity contribution in [3.63, 3.8) is 0 Å². The lowest BCUT2D eigenvalue weighted by molar-refractivity contribution is -0.138. The number of benzene rings is 1. The summed E-state index contributed by atoms with van der Waals surface area (Å²) in [7, 11) is 0. The molecule has 0 unspecified atom stereocenters. The number of Topliss-reactive ketones (excluding diaryl/α,β-unsaturated/α-hetero) is 1. The zero-order chi connectivity index (χ0) is 27.4. The van der Waals surface area contributed by atoms with Crippen LogP contribution in [0.1, 0.15) is 41.6 Å². The van der Waals surface area contributed by atoms with E-state index < -0.39 is 6.04 Å². The molecule has 2 fully saturated rings. The SMILES string of the molecule is CC(=O)c1nn(CC(=O)N2[C@@H]3C[C@@H]3C[C@H]2C(=O)Nc2ccc(C)c(Br)n2)c2ccc(-c3cnc(C)nc3)cc12. The van der Waals surface area contributed by atoms with Crippen molar-refractivity contribution in [3.8, 4) is 11.1 Å². The minimum Gasteiger partial charge on any atom is -0.326 e. The lowest BCUT2D eigenvalue weighted by Crippen LogP contribution is -2.46. The molecule has 4 heterocycles. The van der Waals surface area contributed by atoms with E-state index in [1.165, 1.54) is 6.92 Å². The summed E-state index contributed by atoms with van der Waals surface area (Å²) >= 11 is 3.39. The first kappa shape index (κ1) is 25.3. The molecule has 11 heteroatoms. The van der Waals surface area contributed by atoms with Crippen molar-refractivity contribution < 1.29 is 14.4 Å². The predicted molar refractivity (Wildman–Crippen MR) is 148 cm³/mol. The van der Waals surface area contributed by atoms with Crippen molar-refractivity contribution in [2.24, 2.45) is 5.92 Å². The molecule has 2 aliphatic rings. The second kappa shape index (κ2) is 9.64. The molecule has 39 heavy (non-hydrogen) atoms. The summed E-state index contributed by atoms with van der Waals surface area (Å²) in [5.74, 6) is 0.784. The number of pyridine rings is 1. The fourth-order valence-corrected chi connectivity index (χ4v) is 5.65. The maximum absolute atomic E-state index is 13.6. The number of anilines is 1. The average molecular weight is 588 g/mol. The van der Waals surface area contributed by atoms with E-state index in [4.69, 9.17) is 0 Å². The van der Waals surface area contributed by atoms with Gasteiger partial charge in [0.05, 0.1) is 5.52 Å². The highest BCUT2D eigenvalue weighted by Crippen LogP contribution is 2.48. The number of nitrogens with zero attached hydrogens (tertiary/aromatic N) is 6. The van der Waals surface area contributed by atoms with E-state index in [-0.39, 0.29) is 30.2 Å². The van der Waals surface area contributed by atoms with Crippen molar-refractivity contribution in [2.45, 2.75) is 52.2 Å². The smallest absolute Gasteiger partial charge is 0.248 e. The standard InChI is InChI=1S/C28H26BrN7O3/c1-14-4-7-24(32-27(14)29)33-28(39)23-10-18-9-22(18)36(23)25(38)13-35-21-6-5-17(19-11-30-16(3)31-12-19)8-20(21)26(34-35)15(2)37/h4-8,11-12,18,22-23H,9-10,13H2,1-3H3,(H,32,33,39)/t18-,22-,23+/m1/s1. The van der Waals surface area contributed by atoms with Gasteiger partial charge in [-0.1, -0.05) is 12.1 Å². The van der Waals surface area contributed by atoms with Crippen molar-refractivity contribution in [2.75, 3.05) is 5.32 Å². The average Bonchev–Trinajstić information content (AvgIpc) is 3.41. The van der Waals surface area contributed by atoms with Gasteiger partial charge in [0.2, 0.25) is 11.8 Å². The zero-order valence-corrected chi connectivity index (χ0v) is 23.3. The number of aryl methyl sites for hydroxylation is 2. The first-order valence-electron chi connectivity index (χ1n) is 12.8. The lowest BCUT2D eigenvalue weighted by atomic mass is 10.0. The number of carbonyl (C=O) groups excluding carboxylic acids is 3. The van der Waals surface area contributed by atoms with Gasteiger partial charge in [-0.3, -0.25) is 19.1 Å². The molecule has 0 spiro atoms. The number of hydrogen-bond acceptors (Lipinski definition) is 7. The topological polar surface area (TPSA) is 123 Å². The van der Waals surface area contributed by atoms with Crippen molar-refractivity contribution in [1.82, 2.24) is 29.6 Å². The first-order chi connectivity index (χ1) is 18.7. The van der Waals surface area contributed by atoms with Crippen LogP contribution in [0.2, 0.25) is 0 Å². The van der Waals surface area contributed by atoms with Crippen molar-refractivity contribution >= 4 is 50.2 Å². The Bertz CT molecular complexity index is 1650. The third kappa shape index (κ3) is 4.71. The van der Waals surface area contributed by atoms with Crippen LogP contribution >= 0.6 is 15.9 Å². The fourth-order valence-electron chi connectivity index (χ4n) is 5.32. The van der Waals surface area contributed by atoms with Crippen molar-refractivity contribution in [3.05, 3.63) is 64.4 Å². The number of ketones is 1. The molecule has 1 saturated heterocycles. The Morgan fingerprint density at radius 1 is 1.05 bits per heavy atom. The second-order valence-electron chi connectivity index (χ2n) is 10.2. The highest BCUT2D eigenvalue weighted by atomic mass is 79.9. The fraction of sp³-hybridized carbons (Fsp3) is 0.321. The number of halogens is 1. The van der Waals surface area contributed by atoms with E-state index in [0.717, 1.165) is 23.1 Å². The molecule has 1 aliphatic heterocycles. The van der Waals surface area contributed by atoms with Crippen LogP contribution in [0.5, 0.6) is 0 Å². The molecule has 1 saturated carbocycles. The molecule has 6 rings (SSSR count). The summed E-state index contributed by atoms with van der Waals surface area (Å²) in [5.41, 5.74) is 3.60. The third-order valence-electron chi connectivity index (χ3n) is 7.46. The Labute approximate surface area is 233 Å². The molecule has 4 aromatic rings. The van der Waals surface area contributed by atoms with Gasteiger partial charge in [-0.25, -0.2) is 15.0 Å². The number of amides is 2. The number of hydrogen-bond donors (Lipinski definition) is 1. The molecule has 3 atom stereocenters. The van der Waals surface area contributed by atoms with Crippen LogP contribution < -0.4 is 5.32 Å². The maximum Gasteiger partial charge on any atom is 0.248 e. The van der Waals surface area contributed by atoms with Gasteiger partial charge in [-0.05, 0) is 77.9 Å². The predicted octanol–water partition coefficient (Wildman–Crippen LogP) is 4.10. The first-order valence-corrected chi connectivity index (χ1v) is 13.5. The van der Waals surface area contributed by atoms with Gasteiger partial charge < -0.3 is 10.2 Å². The van der Waals surface area contributed by atoms with Gasteiger partial charge in [0.1, 0.15) is 34.5 Å². The lowest BCUT2D eigenvalue weighted by Gasteiger charge is -2.27. The van der Waals surface area contributed by atoms with Gasteiger partial charge in [-0.15, -0.1) is 0 Å². The van der Waals surface area contributed by atoms with Gasteiger partial charge in [0.25, 0.3) is 0 Å². The molecule has 1 aromatic carbocycles. The van der Waals surface area contributed by atoms with Crippen LogP contribution in [0, 0.1) is 19.8 Å². The molecule has 1 N–H and O–H groups in total. The number of carbonyl (C=O) groups is 3. The Morgan fingerprint density at radius 3 is 2.54 bits per heavy atom. The number of nitrogens with one attached hydrogen (secondary N) is 1. The number of likely N-dealkylation sites (tertiary alicyclic amines) is 1. The van der Waals surface area contributed by atoms with Gasteiger partial charge >= 0.3 is 0 Å². The Morgan fingerprint density at radius 2 is 1.82 bits per heavy atom. The Hall–Kier alpha value is -3.99. The van der Waals surface area contributed by atoms with Crippen molar-refractivity contribution in [1.29, 1.82) is 0 Å². The quantitative estimate of drug-likeness (QED) is 0.266. The van der Waals surface area contributed by atoms with Crippen LogP contribution in [0.25, 0.3) is 22.0 Å². The van der Waals surface area contributed by atoms with Gasteiger partial charge in [0.15, 0.2) is 5.78 Å². The van der Waals surface area contributed by atoms with E-state index in [9.17, 15) is 14.4 Å². The molecule has 198 valence electrons. The summed E-state index contributed by atoms with van der Waals surface area (Å²) in [4.78, 5) is 53.9. The number of rotatable bonds is 6. The monoisotopic (exact) mass is 587 g/mol. The molecule has 2 amide bonds. The van der Waals surface area contributed by atoms with E-state index in [1.807, 2.05) is 38.1 Å². The third-order valence-corrected chi connectivity index (χ3v) is 8.27. The number of aromatic nitrogens is 5. The van der Waals surface area contributed by atoms with E-state index in [2.05, 4.69) is 41.3 Å². The van der Waals surface area contributed by atoms with E-state index >= 15 is 0 Å². The Balaban J connectivity index is 1.26. The number of fused-ring (bicyclic) bond motifs is 2. The van der Waals surface area contributed by atoms with E-state index in [0.29, 0.717) is 45.2 Å². The van der Waals surface area contributed by atoms with Crippen LogP contribution in [0.4, 0.5) is 5.82 Å².